The van der Waals surface area contributed by atoms with Gasteiger partial charge in [0.1, 0.15) is 5.76 Å². The Labute approximate surface area is 161 Å². The molecule has 2 aliphatic rings. The molecule has 0 bridgehead atoms. The molecule has 0 saturated carbocycles. The second-order valence-corrected chi connectivity index (χ2v) is 8.65. The molecule has 1 spiro atoms. The molecule has 2 fully saturated rings. The van der Waals surface area contributed by atoms with Crippen LogP contribution in [0.25, 0.3) is 0 Å². The number of aliphatic hydroxyl groups excluding tert-OH is 1. The Bertz CT molecular complexity index is 596. The van der Waals surface area contributed by atoms with Gasteiger partial charge < -0.3 is 19.3 Å². The normalized spacial score (nSPS) is 23.5. The molecule has 1 aromatic rings. The van der Waals surface area contributed by atoms with E-state index in [1.54, 1.807) is 17.8 Å². The first-order valence-electron chi connectivity index (χ1n) is 9.82. The summed E-state index contributed by atoms with van der Waals surface area (Å²) in [5, 5.41) is 10.0. The standard InChI is InChI=1S/C20H32N2O3S/c1-3-9-21-10-6-20(7-11-21)8-12-22(13-16(20)14-23)19(24)18-5-4-17(25-18)15-26-2/h4-5,16,23H,3,6-15H2,1-2H3/t16-/m0/s1. The van der Waals surface area contributed by atoms with Crippen molar-refractivity contribution in [2.45, 2.75) is 38.4 Å². The number of carbonyl (C=O) groups is 1. The number of rotatable bonds is 6. The zero-order chi connectivity index (χ0) is 18.6. The highest BCUT2D eigenvalue weighted by atomic mass is 32.2. The van der Waals surface area contributed by atoms with Gasteiger partial charge in [0.2, 0.25) is 0 Å². The highest BCUT2D eigenvalue weighted by Gasteiger charge is 2.45. The predicted octanol–water partition coefficient (Wildman–Crippen LogP) is 3.09. The minimum Gasteiger partial charge on any atom is -0.455 e. The lowest BCUT2D eigenvalue weighted by atomic mass is 9.64. The van der Waals surface area contributed by atoms with Gasteiger partial charge in [-0.15, -0.1) is 0 Å². The Kier molecular flexibility index (Phi) is 6.70. The van der Waals surface area contributed by atoms with Crippen LogP contribution in [0.3, 0.4) is 0 Å². The van der Waals surface area contributed by atoms with Crippen molar-refractivity contribution in [3.8, 4) is 0 Å². The topological polar surface area (TPSA) is 56.9 Å². The Morgan fingerprint density at radius 1 is 1.31 bits per heavy atom. The third kappa shape index (κ3) is 4.12. The summed E-state index contributed by atoms with van der Waals surface area (Å²) in [7, 11) is 0. The van der Waals surface area contributed by atoms with E-state index in [-0.39, 0.29) is 23.8 Å². The molecular formula is C20H32N2O3S. The van der Waals surface area contributed by atoms with Gasteiger partial charge in [-0.05, 0) is 69.1 Å². The van der Waals surface area contributed by atoms with Crippen molar-refractivity contribution in [1.29, 1.82) is 0 Å². The Morgan fingerprint density at radius 2 is 2.04 bits per heavy atom. The van der Waals surface area contributed by atoms with Crippen molar-refractivity contribution in [3.05, 3.63) is 23.7 Å². The van der Waals surface area contributed by atoms with E-state index >= 15 is 0 Å². The zero-order valence-electron chi connectivity index (χ0n) is 16.1. The number of furan rings is 1. The van der Waals surface area contributed by atoms with Crippen molar-refractivity contribution in [2.75, 3.05) is 45.6 Å². The number of carbonyl (C=O) groups excluding carboxylic acids is 1. The van der Waals surface area contributed by atoms with Crippen molar-refractivity contribution in [2.24, 2.45) is 11.3 Å². The van der Waals surface area contributed by atoms with Crippen molar-refractivity contribution >= 4 is 17.7 Å². The SMILES string of the molecule is CCCN1CCC2(CC1)CCN(C(=O)c1ccc(CSC)o1)C[C@H]2CO. The second kappa shape index (κ2) is 8.81. The van der Waals surface area contributed by atoms with Gasteiger partial charge in [0.05, 0.1) is 5.75 Å². The van der Waals surface area contributed by atoms with Crippen LogP contribution in [-0.4, -0.2) is 66.4 Å². The third-order valence-corrected chi connectivity index (χ3v) is 6.82. The van der Waals surface area contributed by atoms with Crippen molar-refractivity contribution in [3.63, 3.8) is 0 Å². The van der Waals surface area contributed by atoms with Crippen LogP contribution in [-0.2, 0) is 5.75 Å². The fourth-order valence-corrected chi connectivity index (χ4v) is 5.05. The average Bonchev–Trinajstić information content (AvgIpc) is 3.13. The van der Waals surface area contributed by atoms with Crippen molar-refractivity contribution < 1.29 is 14.3 Å². The molecule has 0 aliphatic carbocycles. The minimum atomic E-state index is -0.0333. The molecule has 146 valence electrons. The molecule has 0 radical (unpaired) electrons. The summed E-state index contributed by atoms with van der Waals surface area (Å²) in [5.74, 6) is 2.19. The van der Waals surface area contributed by atoms with E-state index in [2.05, 4.69) is 11.8 Å². The Morgan fingerprint density at radius 3 is 2.69 bits per heavy atom. The highest BCUT2D eigenvalue weighted by molar-refractivity contribution is 7.97. The maximum absolute atomic E-state index is 12.8. The van der Waals surface area contributed by atoms with E-state index in [0.717, 1.165) is 50.4 Å². The first-order valence-corrected chi connectivity index (χ1v) is 11.2. The highest BCUT2D eigenvalue weighted by Crippen LogP contribution is 2.45. The van der Waals surface area contributed by atoms with Crippen LogP contribution in [0.1, 0.15) is 48.9 Å². The summed E-state index contributed by atoms with van der Waals surface area (Å²) < 4.78 is 5.70. The molecule has 2 saturated heterocycles. The quantitative estimate of drug-likeness (QED) is 0.822. The summed E-state index contributed by atoms with van der Waals surface area (Å²) >= 11 is 1.68. The third-order valence-electron chi connectivity index (χ3n) is 6.24. The molecule has 0 unspecified atom stereocenters. The molecule has 1 atom stereocenters. The van der Waals surface area contributed by atoms with E-state index in [1.807, 2.05) is 17.2 Å². The summed E-state index contributed by atoms with van der Waals surface area (Å²) in [6.07, 6.45) is 6.48. The number of piperidine rings is 2. The first kappa shape index (κ1) is 19.8. The van der Waals surface area contributed by atoms with Crippen molar-refractivity contribution in [1.82, 2.24) is 9.80 Å². The number of amides is 1. The van der Waals surface area contributed by atoms with E-state index in [0.29, 0.717) is 12.3 Å². The van der Waals surface area contributed by atoms with Crippen LogP contribution in [0, 0.1) is 11.3 Å². The molecule has 0 aromatic carbocycles. The van der Waals surface area contributed by atoms with Gasteiger partial charge in [0.25, 0.3) is 5.91 Å². The average molecular weight is 381 g/mol. The molecule has 6 heteroatoms. The summed E-state index contributed by atoms with van der Waals surface area (Å²) in [6.45, 7) is 7.20. The maximum atomic E-state index is 12.8. The van der Waals surface area contributed by atoms with Gasteiger partial charge in [-0.1, -0.05) is 6.92 Å². The number of nitrogens with zero attached hydrogens (tertiary/aromatic N) is 2. The molecular weight excluding hydrogens is 348 g/mol. The molecule has 1 aromatic heterocycles. The van der Waals surface area contributed by atoms with Crippen LogP contribution < -0.4 is 0 Å². The second-order valence-electron chi connectivity index (χ2n) is 7.78. The molecule has 26 heavy (non-hydrogen) atoms. The predicted molar refractivity (Wildman–Crippen MR) is 105 cm³/mol. The molecule has 3 heterocycles. The van der Waals surface area contributed by atoms with E-state index < -0.39 is 0 Å². The first-order chi connectivity index (χ1) is 12.6. The molecule has 1 amide bonds. The summed E-state index contributed by atoms with van der Waals surface area (Å²) in [5.41, 5.74) is 0.197. The van der Waals surface area contributed by atoms with E-state index in [1.165, 1.54) is 13.0 Å². The monoisotopic (exact) mass is 380 g/mol. The number of likely N-dealkylation sites (tertiary alicyclic amines) is 2. The molecule has 5 nitrogen and oxygen atoms in total. The van der Waals surface area contributed by atoms with Gasteiger partial charge in [0, 0.05) is 25.6 Å². The zero-order valence-corrected chi connectivity index (χ0v) is 16.9. The number of aliphatic hydroxyl groups is 1. The van der Waals surface area contributed by atoms with Crippen LogP contribution >= 0.6 is 11.8 Å². The number of hydrogen-bond donors (Lipinski definition) is 1. The maximum Gasteiger partial charge on any atom is 0.289 e. The van der Waals surface area contributed by atoms with Crippen LogP contribution in [0.4, 0.5) is 0 Å². The van der Waals surface area contributed by atoms with E-state index in [4.69, 9.17) is 4.42 Å². The van der Waals surface area contributed by atoms with E-state index in [9.17, 15) is 9.90 Å². The lowest BCUT2D eigenvalue weighted by Gasteiger charge is -2.51. The minimum absolute atomic E-state index is 0.0333. The number of hydrogen-bond acceptors (Lipinski definition) is 5. The van der Waals surface area contributed by atoms with Gasteiger partial charge >= 0.3 is 0 Å². The van der Waals surface area contributed by atoms with Gasteiger partial charge in [-0.2, -0.15) is 11.8 Å². The van der Waals surface area contributed by atoms with Crippen LogP contribution in [0.5, 0.6) is 0 Å². The summed E-state index contributed by atoms with van der Waals surface area (Å²) in [4.78, 5) is 17.2. The largest absolute Gasteiger partial charge is 0.455 e. The van der Waals surface area contributed by atoms with Gasteiger partial charge in [-0.25, -0.2) is 0 Å². The fourth-order valence-electron chi connectivity index (χ4n) is 4.61. The summed E-state index contributed by atoms with van der Waals surface area (Å²) in [6, 6.07) is 3.68. The molecule has 3 rings (SSSR count). The molecule has 2 aliphatic heterocycles. The lowest BCUT2D eigenvalue weighted by molar-refractivity contribution is -0.0357. The Hall–Kier alpha value is -0.980. The van der Waals surface area contributed by atoms with Gasteiger partial charge in [-0.3, -0.25) is 4.79 Å². The lowest BCUT2D eigenvalue weighted by Crippen LogP contribution is -2.54. The van der Waals surface area contributed by atoms with Gasteiger partial charge in [0.15, 0.2) is 5.76 Å². The van der Waals surface area contributed by atoms with Crippen LogP contribution in [0.2, 0.25) is 0 Å². The van der Waals surface area contributed by atoms with Crippen LogP contribution in [0.15, 0.2) is 16.5 Å². The molecule has 1 N–H and O–H groups in total. The Balaban J connectivity index is 1.63. The smallest absolute Gasteiger partial charge is 0.289 e. The fraction of sp³-hybridized carbons (Fsp3) is 0.750. The number of thioether (sulfide) groups is 1.